The van der Waals surface area contributed by atoms with Crippen LogP contribution in [0.1, 0.15) is 46.5 Å². The second-order valence-electron chi connectivity index (χ2n) is 8.63. The van der Waals surface area contributed by atoms with E-state index in [4.69, 9.17) is 4.74 Å². The molecule has 2 aromatic rings. The molecular weight excluding hydrogens is 450 g/mol. The number of fused-ring (bicyclic) bond motifs is 1. The van der Waals surface area contributed by atoms with Gasteiger partial charge in [-0.1, -0.05) is 50.1 Å². The van der Waals surface area contributed by atoms with E-state index in [2.05, 4.69) is 5.32 Å². The minimum atomic E-state index is -1.17. The number of nitrogens with one attached hydrogen (secondary N) is 1. The minimum Gasteiger partial charge on any atom is -0.454 e. The molecule has 1 heterocycles. The number of imide groups is 1. The Bertz CT molecular complexity index is 1110. The predicted molar refractivity (Wildman–Crippen MR) is 129 cm³/mol. The summed E-state index contributed by atoms with van der Waals surface area (Å²) in [6.07, 6.45) is 0.500. The molecule has 0 saturated carbocycles. The highest BCUT2D eigenvalue weighted by Crippen LogP contribution is 2.28. The summed E-state index contributed by atoms with van der Waals surface area (Å²) in [5, 5.41) is 2.69. The molecule has 1 aliphatic heterocycles. The van der Waals surface area contributed by atoms with Crippen LogP contribution in [0.15, 0.2) is 48.5 Å². The molecule has 0 fully saturated rings. The van der Waals surface area contributed by atoms with Gasteiger partial charge in [-0.2, -0.15) is 0 Å². The summed E-state index contributed by atoms with van der Waals surface area (Å²) in [6, 6.07) is 12.4. The van der Waals surface area contributed by atoms with Crippen LogP contribution in [0, 0.1) is 12.8 Å². The van der Waals surface area contributed by atoms with Crippen LogP contribution in [0.3, 0.4) is 0 Å². The molecule has 2 aromatic carbocycles. The zero-order chi connectivity index (χ0) is 25.7. The van der Waals surface area contributed by atoms with Crippen LogP contribution in [0.5, 0.6) is 0 Å². The number of aryl methyl sites for hydroxylation is 1. The van der Waals surface area contributed by atoms with Gasteiger partial charge in [-0.3, -0.25) is 24.1 Å². The Kier molecular flexibility index (Phi) is 8.01. The molecule has 184 valence electrons. The Balaban J connectivity index is 1.61. The number of likely N-dealkylation sites (N-methyl/N-ethyl adjacent to an activating group) is 1. The molecule has 9 heteroatoms. The second kappa shape index (κ2) is 10.9. The molecule has 0 spiro atoms. The van der Waals surface area contributed by atoms with Crippen LogP contribution in [0.4, 0.5) is 5.69 Å². The lowest BCUT2D eigenvalue weighted by Gasteiger charge is -2.29. The first-order valence-corrected chi connectivity index (χ1v) is 11.4. The van der Waals surface area contributed by atoms with E-state index in [1.54, 1.807) is 31.2 Å². The maximum absolute atomic E-state index is 13.0. The van der Waals surface area contributed by atoms with Crippen LogP contribution in [-0.4, -0.2) is 65.6 Å². The van der Waals surface area contributed by atoms with Crippen molar-refractivity contribution in [3.63, 3.8) is 0 Å². The van der Waals surface area contributed by atoms with Crippen LogP contribution in [0.2, 0.25) is 0 Å². The number of esters is 1. The van der Waals surface area contributed by atoms with Crippen molar-refractivity contribution in [2.24, 2.45) is 5.92 Å². The van der Waals surface area contributed by atoms with Gasteiger partial charge in [-0.15, -0.1) is 0 Å². The lowest BCUT2D eigenvalue weighted by Crippen LogP contribution is -2.50. The van der Waals surface area contributed by atoms with Gasteiger partial charge in [-0.05, 0) is 37.1 Å². The minimum absolute atomic E-state index is 0.231. The Morgan fingerprint density at radius 1 is 1.00 bits per heavy atom. The highest BCUT2D eigenvalue weighted by atomic mass is 16.5. The van der Waals surface area contributed by atoms with E-state index in [9.17, 15) is 24.0 Å². The third-order valence-corrected chi connectivity index (χ3v) is 6.01. The molecule has 2 atom stereocenters. The molecule has 3 rings (SSSR count). The smallest absolute Gasteiger partial charge is 0.330 e. The van der Waals surface area contributed by atoms with Gasteiger partial charge in [0, 0.05) is 12.7 Å². The normalized spacial score (nSPS) is 14.2. The summed E-state index contributed by atoms with van der Waals surface area (Å²) < 4.78 is 5.22. The Hall–Kier alpha value is -4.01. The number of nitrogens with zero attached hydrogens (tertiary/aromatic N) is 2. The number of benzene rings is 2. The van der Waals surface area contributed by atoms with E-state index < -0.39 is 48.2 Å². The number of hydrogen-bond acceptors (Lipinski definition) is 6. The van der Waals surface area contributed by atoms with Gasteiger partial charge in [-0.25, -0.2) is 4.79 Å². The van der Waals surface area contributed by atoms with Crippen molar-refractivity contribution in [3.8, 4) is 0 Å². The first-order valence-electron chi connectivity index (χ1n) is 11.4. The lowest BCUT2D eigenvalue weighted by atomic mass is 9.97. The summed E-state index contributed by atoms with van der Waals surface area (Å²) >= 11 is 0. The molecule has 0 radical (unpaired) electrons. The van der Waals surface area contributed by atoms with E-state index in [1.807, 2.05) is 26.0 Å². The number of hydrogen-bond donors (Lipinski definition) is 1. The van der Waals surface area contributed by atoms with Gasteiger partial charge < -0.3 is 15.0 Å². The van der Waals surface area contributed by atoms with Gasteiger partial charge in [0.25, 0.3) is 17.7 Å². The molecule has 4 amide bonds. The number of carbonyl (C=O) groups excluding carboxylic acids is 5. The number of ether oxygens (including phenoxy) is 1. The molecule has 35 heavy (non-hydrogen) atoms. The van der Waals surface area contributed by atoms with Crippen molar-refractivity contribution in [1.29, 1.82) is 0 Å². The second-order valence-corrected chi connectivity index (χ2v) is 8.63. The van der Waals surface area contributed by atoms with Crippen molar-refractivity contribution in [3.05, 3.63) is 65.2 Å². The third-order valence-electron chi connectivity index (χ3n) is 6.01. The Morgan fingerprint density at radius 2 is 1.57 bits per heavy atom. The molecule has 9 nitrogen and oxygen atoms in total. The maximum Gasteiger partial charge on any atom is 0.330 e. The van der Waals surface area contributed by atoms with Crippen LogP contribution >= 0.6 is 0 Å². The molecule has 1 aliphatic rings. The number of amides is 4. The standard InChI is InChI=1S/C26H29N3O6/c1-5-17(3)23(29-24(32)19-8-6-7-9-20(19)25(29)33)26(34)35-15-22(31)28(4)14-21(30)27-18-12-10-16(2)11-13-18/h6-13,17,23H,5,14-15H2,1-4H3,(H,27,30)/t17-,23-/m0/s1. The maximum atomic E-state index is 13.0. The first kappa shape index (κ1) is 25.6. The van der Waals surface area contributed by atoms with E-state index in [1.165, 1.54) is 19.2 Å². The average Bonchev–Trinajstić information content (AvgIpc) is 3.09. The van der Waals surface area contributed by atoms with Crippen LogP contribution in [0.25, 0.3) is 0 Å². The van der Waals surface area contributed by atoms with Gasteiger partial charge in [0.2, 0.25) is 5.91 Å². The fraction of sp³-hybridized carbons (Fsp3) is 0.346. The fourth-order valence-electron chi connectivity index (χ4n) is 3.75. The Labute approximate surface area is 204 Å². The number of anilines is 1. The number of carbonyl (C=O) groups is 5. The van der Waals surface area contributed by atoms with E-state index >= 15 is 0 Å². The topological polar surface area (TPSA) is 113 Å². The van der Waals surface area contributed by atoms with Gasteiger partial charge in [0.05, 0.1) is 17.7 Å². The van der Waals surface area contributed by atoms with Gasteiger partial charge >= 0.3 is 5.97 Å². The summed E-state index contributed by atoms with van der Waals surface area (Å²) in [7, 11) is 1.42. The highest BCUT2D eigenvalue weighted by Gasteiger charge is 2.45. The quantitative estimate of drug-likeness (QED) is 0.437. The molecule has 0 aromatic heterocycles. The third kappa shape index (κ3) is 5.74. The molecule has 0 saturated heterocycles. The van der Waals surface area contributed by atoms with Crippen molar-refractivity contribution in [2.45, 2.75) is 33.2 Å². The predicted octanol–water partition coefficient (Wildman–Crippen LogP) is 2.65. The first-order chi connectivity index (χ1) is 16.6. The van der Waals surface area contributed by atoms with Gasteiger partial charge in [0.1, 0.15) is 6.04 Å². The average molecular weight is 480 g/mol. The summed E-state index contributed by atoms with van der Waals surface area (Å²) in [5.41, 5.74) is 2.11. The summed E-state index contributed by atoms with van der Waals surface area (Å²) in [5.74, 6) is -3.37. The highest BCUT2D eigenvalue weighted by molar-refractivity contribution is 6.22. The molecule has 0 bridgehead atoms. The summed E-state index contributed by atoms with van der Waals surface area (Å²) in [6.45, 7) is 4.63. The van der Waals surface area contributed by atoms with Crippen molar-refractivity contribution in [1.82, 2.24) is 9.80 Å². The fourth-order valence-corrected chi connectivity index (χ4v) is 3.75. The summed E-state index contributed by atoms with van der Waals surface area (Å²) in [4.78, 5) is 65.5. The monoisotopic (exact) mass is 479 g/mol. The molecule has 0 aliphatic carbocycles. The van der Waals surface area contributed by atoms with Gasteiger partial charge in [0.15, 0.2) is 6.61 Å². The van der Waals surface area contributed by atoms with Crippen LogP contribution in [-0.2, 0) is 19.1 Å². The molecular formula is C26H29N3O6. The van der Waals surface area contributed by atoms with Crippen molar-refractivity contribution in [2.75, 3.05) is 25.5 Å². The van der Waals surface area contributed by atoms with E-state index in [0.29, 0.717) is 12.1 Å². The van der Waals surface area contributed by atoms with Crippen LogP contribution < -0.4 is 5.32 Å². The molecule has 0 unspecified atom stereocenters. The zero-order valence-corrected chi connectivity index (χ0v) is 20.2. The van der Waals surface area contributed by atoms with E-state index in [0.717, 1.165) is 15.4 Å². The number of rotatable bonds is 9. The SMILES string of the molecule is CC[C@H](C)[C@@H](C(=O)OCC(=O)N(C)CC(=O)Nc1ccc(C)cc1)N1C(=O)c2ccccc2C1=O. The molecule has 1 N–H and O–H groups in total. The zero-order valence-electron chi connectivity index (χ0n) is 20.2. The lowest BCUT2D eigenvalue weighted by molar-refractivity contribution is -0.156. The largest absolute Gasteiger partial charge is 0.454 e. The van der Waals surface area contributed by atoms with Crippen molar-refractivity contribution < 1.29 is 28.7 Å². The Morgan fingerprint density at radius 3 is 2.11 bits per heavy atom. The van der Waals surface area contributed by atoms with E-state index in [-0.39, 0.29) is 17.7 Å². The van der Waals surface area contributed by atoms with Crippen molar-refractivity contribution >= 4 is 35.3 Å².